The molecule has 134 valence electrons. The van der Waals surface area contributed by atoms with Crippen molar-refractivity contribution in [2.75, 3.05) is 0 Å². The Bertz CT molecular complexity index is 619. The van der Waals surface area contributed by atoms with Crippen molar-refractivity contribution in [1.29, 1.82) is 0 Å². The minimum atomic E-state index is -0.710. The molecule has 6 rings (SSSR count). The molecular formula is C20H30O4. The van der Waals surface area contributed by atoms with Crippen molar-refractivity contribution in [2.45, 2.75) is 83.5 Å². The van der Waals surface area contributed by atoms with Crippen LogP contribution in [0.2, 0.25) is 0 Å². The standard InChI is InChI=1S/C20H30O4/c1-17-5-4-6-18(2,16(22)23)13(17)8-14(21)20-9-11-7-12(15(17)20)24-19(11,3)10-20/h11-15,21H,4-10H2,1-3H3,(H,22,23)/t11-,12+,13+,14+,15+,17-,18-,19+,20+/m1/s1. The van der Waals surface area contributed by atoms with Crippen LogP contribution >= 0.6 is 0 Å². The summed E-state index contributed by atoms with van der Waals surface area (Å²) in [4.78, 5) is 12.1. The maximum Gasteiger partial charge on any atom is 0.309 e. The Balaban J connectivity index is 1.64. The maximum absolute atomic E-state index is 12.1. The molecule has 4 bridgehead atoms. The minimum Gasteiger partial charge on any atom is -0.481 e. The molecule has 1 spiro atoms. The molecule has 0 aromatic carbocycles. The first-order chi connectivity index (χ1) is 11.2. The van der Waals surface area contributed by atoms with Gasteiger partial charge in [-0.25, -0.2) is 0 Å². The van der Waals surface area contributed by atoms with Crippen LogP contribution in [0.25, 0.3) is 0 Å². The van der Waals surface area contributed by atoms with Crippen molar-refractivity contribution < 1.29 is 19.7 Å². The first-order valence-corrected chi connectivity index (χ1v) is 9.75. The molecule has 2 heterocycles. The van der Waals surface area contributed by atoms with Crippen molar-refractivity contribution in [2.24, 2.45) is 34.0 Å². The summed E-state index contributed by atoms with van der Waals surface area (Å²) in [7, 11) is 0. The van der Waals surface area contributed by atoms with Crippen molar-refractivity contribution in [3.63, 3.8) is 0 Å². The molecule has 2 aliphatic heterocycles. The Morgan fingerprint density at radius 2 is 1.92 bits per heavy atom. The summed E-state index contributed by atoms with van der Waals surface area (Å²) in [6.45, 7) is 6.49. The lowest BCUT2D eigenvalue weighted by molar-refractivity contribution is -0.261. The Kier molecular flexibility index (Phi) is 2.73. The van der Waals surface area contributed by atoms with Crippen LogP contribution in [0.5, 0.6) is 0 Å². The van der Waals surface area contributed by atoms with Gasteiger partial charge in [0.2, 0.25) is 0 Å². The molecule has 4 nitrogen and oxygen atoms in total. The van der Waals surface area contributed by atoms with Crippen molar-refractivity contribution in [3.8, 4) is 0 Å². The van der Waals surface area contributed by atoms with Crippen LogP contribution in [0, 0.1) is 34.0 Å². The van der Waals surface area contributed by atoms with E-state index < -0.39 is 11.4 Å². The molecule has 9 atom stereocenters. The summed E-state index contributed by atoms with van der Waals surface area (Å²) in [6, 6.07) is 0. The highest BCUT2D eigenvalue weighted by molar-refractivity contribution is 5.75. The molecule has 0 unspecified atom stereocenters. The Hall–Kier alpha value is -0.610. The lowest BCUT2D eigenvalue weighted by Gasteiger charge is -2.66. The van der Waals surface area contributed by atoms with E-state index in [1.165, 1.54) is 0 Å². The number of aliphatic hydroxyl groups is 1. The van der Waals surface area contributed by atoms with Crippen molar-refractivity contribution >= 4 is 5.97 Å². The summed E-state index contributed by atoms with van der Waals surface area (Å²) in [5, 5.41) is 21.2. The summed E-state index contributed by atoms with van der Waals surface area (Å²) >= 11 is 0. The van der Waals surface area contributed by atoms with Gasteiger partial charge in [-0.2, -0.15) is 0 Å². The van der Waals surface area contributed by atoms with Gasteiger partial charge in [-0.15, -0.1) is 0 Å². The van der Waals surface area contributed by atoms with Crippen molar-refractivity contribution in [3.05, 3.63) is 0 Å². The SMILES string of the molecule is C[C@@]12CCC[C@@](C)(C(=O)O)[C@H]1C[C@H](O)[C@]13C[C@H]4C[C@H](O[C@@]4(C)C1)[C@@H]23. The number of ether oxygens (including phenoxy) is 1. The topological polar surface area (TPSA) is 66.8 Å². The zero-order valence-electron chi connectivity index (χ0n) is 15.0. The average molecular weight is 334 g/mol. The van der Waals surface area contributed by atoms with Gasteiger partial charge in [-0.05, 0) is 75.5 Å². The summed E-state index contributed by atoms with van der Waals surface area (Å²) in [6.07, 6.45) is 6.48. The Labute approximate surface area is 144 Å². The smallest absolute Gasteiger partial charge is 0.309 e. The van der Waals surface area contributed by atoms with Crippen LogP contribution in [0.3, 0.4) is 0 Å². The predicted molar refractivity (Wildman–Crippen MR) is 88.4 cm³/mol. The number of aliphatic hydroxyl groups excluding tert-OH is 1. The van der Waals surface area contributed by atoms with Gasteiger partial charge in [-0.1, -0.05) is 13.3 Å². The van der Waals surface area contributed by atoms with Crippen LogP contribution in [0.15, 0.2) is 0 Å². The van der Waals surface area contributed by atoms with E-state index in [4.69, 9.17) is 4.74 Å². The van der Waals surface area contributed by atoms with Gasteiger partial charge in [0.05, 0.1) is 23.2 Å². The van der Waals surface area contributed by atoms with Gasteiger partial charge in [0.25, 0.3) is 0 Å². The van der Waals surface area contributed by atoms with Crippen LogP contribution in [-0.2, 0) is 9.53 Å². The average Bonchev–Trinajstić information content (AvgIpc) is 2.84. The fourth-order valence-electron chi connectivity index (χ4n) is 8.57. The van der Waals surface area contributed by atoms with Gasteiger partial charge in [0, 0.05) is 5.41 Å². The Morgan fingerprint density at radius 1 is 1.17 bits per heavy atom. The minimum absolute atomic E-state index is 0.0219. The number of carboxylic acid groups (broad SMARTS) is 1. The largest absolute Gasteiger partial charge is 0.481 e. The summed E-state index contributed by atoms with van der Waals surface area (Å²) in [5.41, 5.74) is -0.803. The molecule has 2 saturated heterocycles. The number of rotatable bonds is 1. The van der Waals surface area contributed by atoms with Crippen molar-refractivity contribution in [1.82, 2.24) is 0 Å². The molecule has 0 aromatic rings. The van der Waals surface area contributed by atoms with Gasteiger partial charge >= 0.3 is 5.97 Å². The van der Waals surface area contributed by atoms with E-state index in [1.54, 1.807) is 0 Å². The molecule has 6 fully saturated rings. The second-order valence-electron chi connectivity index (χ2n) is 10.4. The molecule has 6 aliphatic rings. The van der Waals surface area contributed by atoms with Gasteiger partial charge in [0.1, 0.15) is 0 Å². The number of hydrogen-bond acceptors (Lipinski definition) is 3. The van der Waals surface area contributed by atoms with E-state index >= 15 is 0 Å². The second-order valence-corrected chi connectivity index (χ2v) is 10.4. The normalized spacial score (nSPS) is 63.9. The lowest BCUT2D eigenvalue weighted by Crippen LogP contribution is -2.67. The zero-order chi connectivity index (χ0) is 17.1. The Morgan fingerprint density at radius 3 is 2.58 bits per heavy atom. The molecule has 0 radical (unpaired) electrons. The molecule has 4 heteroatoms. The van der Waals surface area contributed by atoms with E-state index in [1.807, 2.05) is 6.92 Å². The van der Waals surface area contributed by atoms with Gasteiger partial charge < -0.3 is 14.9 Å². The highest BCUT2D eigenvalue weighted by Gasteiger charge is 2.76. The molecule has 24 heavy (non-hydrogen) atoms. The first-order valence-electron chi connectivity index (χ1n) is 9.75. The van der Waals surface area contributed by atoms with Crippen LogP contribution in [0.1, 0.15) is 65.7 Å². The molecule has 4 saturated carbocycles. The number of fused-ring (bicyclic) bond motifs is 1. The number of carbonyl (C=O) groups is 1. The molecule has 2 N–H and O–H groups in total. The number of hydrogen-bond donors (Lipinski definition) is 2. The monoisotopic (exact) mass is 334 g/mol. The fourth-order valence-corrected chi connectivity index (χ4v) is 8.57. The number of carboxylic acids is 1. The van der Waals surface area contributed by atoms with Crippen LogP contribution < -0.4 is 0 Å². The molecular weight excluding hydrogens is 304 g/mol. The van der Waals surface area contributed by atoms with E-state index in [2.05, 4.69) is 13.8 Å². The van der Waals surface area contributed by atoms with E-state index in [-0.39, 0.29) is 34.6 Å². The lowest BCUT2D eigenvalue weighted by atomic mass is 9.39. The first kappa shape index (κ1) is 15.6. The predicted octanol–water partition coefficient (Wildman–Crippen LogP) is 3.22. The highest BCUT2D eigenvalue weighted by Crippen LogP contribution is 2.76. The fraction of sp³-hybridized carbons (Fsp3) is 0.950. The van der Waals surface area contributed by atoms with Crippen LogP contribution in [0.4, 0.5) is 0 Å². The van der Waals surface area contributed by atoms with E-state index in [0.717, 1.165) is 38.5 Å². The quantitative estimate of drug-likeness (QED) is 0.773. The maximum atomic E-state index is 12.1. The van der Waals surface area contributed by atoms with E-state index in [9.17, 15) is 15.0 Å². The number of aliphatic carboxylic acids is 1. The van der Waals surface area contributed by atoms with Crippen LogP contribution in [-0.4, -0.2) is 34.0 Å². The molecule has 0 amide bonds. The summed E-state index contributed by atoms with van der Waals surface area (Å²) in [5.74, 6) is 0.281. The molecule has 4 aliphatic carbocycles. The third-order valence-electron chi connectivity index (χ3n) is 9.40. The molecule has 0 aromatic heterocycles. The zero-order valence-corrected chi connectivity index (χ0v) is 15.0. The summed E-state index contributed by atoms with van der Waals surface area (Å²) < 4.78 is 6.54. The van der Waals surface area contributed by atoms with Gasteiger partial charge in [-0.3, -0.25) is 4.79 Å². The highest BCUT2D eigenvalue weighted by atomic mass is 16.5. The van der Waals surface area contributed by atoms with E-state index in [0.29, 0.717) is 18.3 Å². The van der Waals surface area contributed by atoms with Gasteiger partial charge in [0.15, 0.2) is 0 Å². The third kappa shape index (κ3) is 1.48. The second kappa shape index (κ2) is 4.20. The third-order valence-corrected chi connectivity index (χ3v) is 9.40.